The Morgan fingerprint density at radius 3 is 2.56 bits per heavy atom. The summed E-state index contributed by atoms with van der Waals surface area (Å²) in [6, 6.07) is 10.2. The first-order valence-electron chi connectivity index (χ1n) is 8.44. The summed E-state index contributed by atoms with van der Waals surface area (Å²) in [5.41, 5.74) is 1.21. The monoisotopic (exact) mass is 399 g/mol. The molecule has 0 aliphatic heterocycles. The largest absolute Gasteiger partial charge is 0.416 e. The number of alkyl halides is 3. The Morgan fingerprint density at radius 2 is 1.93 bits per heavy atom. The lowest BCUT2D eigenvalue weighted by Crippen LogP contribution is -2.37. The number of halogens is 4. The van der Waals surface area contributed by atoms with Crippen LogP contribution in [0.2, 0.25) is 5.02 Å². The zero-order chi connectivity index (χ0) is 20.0. The summed E-state index contributed by atoms with van der Waals surface area (Å²) in [5.74, 6) is 0. The van der Waals surface area contributed by atoms with E-state index in [2.05, 4.69) is 15.5 Å². The summed E-state index contributed by atoms with van der Waals surface area (Å²) in [6.45, 7) is 5.65. The first kappa shape index (κ1) is 20.9. The van der Waals surface area contributed by atoms with Crippen molar-refractivity contribution >= 4 is 29.0 Å². The van der Waals surface area contributed by atoms with Crippen LogP contribution in [0.5, 0.6) is 0 Å². The molecule has 27 heavy (non-hydrogen) atoms. The molecule has 0 saturated heterocycles. The van der Waals surface area contributed by atoms with Gasteiger partial charge in [0.1, 0.15) is 0 Å². The van der Waals surface area contributed by atoms with E-state index in [0.717, 1.165) is 36.0 Å². The summed E-state index contributed by atoms with van der Waals surface area (Å²) in [6.07, 6.45) is -4.51. The Bertz CT molecular complexity index is 796. The molecule has 0 radical (unpaired) electrons. The lowest BCUT2D eigenvalue weighted by atomic mass is 10.2. The van der Waals surface area contributed by atoms with E-state index in [1.165, 1.54) is 0 Å². The van der Waals surface area contributed by atoms with Gasteiger partial charge in [-0.2, -0.15) is 13.2 Å². The molecular formula is C19H21ClF3N3O. The summed E-state index contributed by atoms with van der Waals surface area (Å²) in [7, 11) is 0. The van der Waals surface area contributed by atoms with Crippen molar-refractivity contribution in [3.05, 3.63) is 58.6 Å². The average molecular weight is 400 g/mol. The maximum Gasteiger partial charge on any atom is 0.416 e. The third-order valence-corrected chi connectivity index (χ3v) is 4.29. The van der Waals surface area contributed by atoms with Crippen molar-refractivity contribution in [2.24, 2.45) is 0 Å². The number of hydrogen-bond donors (Lipinski definition) is 2. The molecule has 0 atom stereocenters. The van der Waals surface area contributed by atoms with E-state index in [4.69, 9.17) is 11.6 Å². The predicted molar refractivity (Wildman–Crippen MR) is 103 cm³/mol. The van der Waals surface area contributed by atoms with Crippen molar-refractivity contribution in [2.75, 3.05) is 29.9 Å². The van der Waals surface area contributed by atoms with E-state index in [9.17, 15) is 18.0 Å². The molecule has 0 heterocycles. The quantitative estimate of drug-likeness (QED) is 0.690. The molecule has 4 nitrogen and oxygen atoms in total. The molecule has 0 unspecified atom stereocenters. The Morgan fingerprint density at radius 1 is 1.19 bits per heavy atom. The second-order valence-electron chi connectivity index (χ2n) is 5.99. The highest BCUT2D eigenvalue weighted by molar-refractivity contribution is 6.33. The number of amides is 2. The fourth-order valence-corrected chi connectivity index (χ4v) is 2.73. The molecule has 0 saturated carbocycles. The van der Waals surface area contributed by atoms with Crippen LogP contribution in [-0.2, 0) is 6.18 Å². The Balaban J connectivity index is 1.93. The highest BCUT2D eigenvalue weighted by atomic mass is 35.5. The minimum absolute atomic E-state index is 0.0353. The molecule has 2 aromatic rings. The smallest absolute Gasteiger partial charge is 0.370 e. The van der Waals surface area contributed by atoms with Gasteiger partial charge in [-0.25, -0.2) is 4.79 Å². The fraction of sp³-hybridized carbons (Fsp3) is 0.316. The number of aryl methyl sites for hydroxylation is 1. The Labute approximate surface area is 161 Å². The maximum atomic E-state index is 12.8. The van der Waals surface area contributed by atoms with Crippen LogP contribution in [0.3, 0.4) is 0 Å². The number of hydrogen-bond acceptors (Lipinski definition) is 2. The zero-order valence-corrected chi connectivity index (χ0v) is 15.8. The van der Waals surface area contributed by atoms with E-state index < -0.39 is 17.8 Å². The number of benzene rings is 2. The van der Waals surface area contributed by atoms with Crippen LogP contribution in [0.1, 0.15) is 18.1 Å². The van der Waals surface area contributed by atoms with Crippen molar-refractivity contribution in [1.82, 2.24) is 5.32 Å². The van der Waals surface area contributed by atoms with Crippen molar-refractivity contribution < 1.29 is 18.0 Å². The van der Waals surface area contributed by atoms with E-state index in [-0.39, 0.29) is 10.7 Å². The normalized spacial score (nSPS) is 11.2. The Kier molecular flexibility index (Phi) is 6.96. The van der Waals surface area contributed by atoms with E-state index in [1.54, 1.807) is 0 Å². The van der Waals surface area contributed by atoms with Crippen LogP contribution in [-0.4, -0.2) is 25.7 Å². The number of carbonyl (C=O) groups excluding carboxylic acids is 1. The van der Waals surface area contributed by atoms with Crippen LogP contribution in [0.15, 0.2) is 42.5 Å². The number of rotatable bonds is 6. The molecule has 8 heteroatoms. The van der Waals surface area contributed by atoms with Crippen molar-refractivity contribution in [3.8, 4) is 0 Å². The molecule has 0 aliphatic rings. The molecule has 2 rings (SSSR count). The first-order chi connectivity index (χ1) is 12.7. The van der Waals surface area contributed by atoms with Gasteiger partial charge < -0.3 is 15.5 Å². The zero-order valence-electron chi connectivity index (χ0n) is 15.0. The number of nitrogens with zero attached hydrogens (tertiary/aromatic N) is 1. The van der Waals surface area contributed by atoms with Crippen molar-refractivity contribution in [1.29, 1.82) is 0 Å². The van der Waals surface area contributed by atoms with Gasteiger partial charge in [-0.15, -0.1) is 0 Å². The molecule has 2 aromatic carbocycles. The van der Waals surface area contributed by atoms with Gasteiger partial charge in [-0.1, -0.05) is 23.7 Å². The topological polar surface area (TPSA) is 44.4 Å². The summed E-state index contributed by atoms with van der Waals surface area (Å²) >= 11 is 5.87. The predicted octanol–water partition coefficient (Wildman–Crippen LogP) is 5.32. The highest BCUT2D eigenvalue weighted by Crippen LogP contribution is 2.33. The molecular weight excluding hydrogens is 379 g/mol. The SMILES string of the molecule is CCN(CCNC(=O)Nc1cc(C(F)(F)F)ccc1Cl)c1cccc(C)c1. The molecule has 0 bridgehead atoms. The van der Waals surface area contributed by atoms with Gasteiger partial charge in [0.05, 0.1) is 16.3 Å². The third kappa shape index (κ3) is 6.06. The second-order valence-corrected chi connectivity index (χ2v) is 6.40. The lowest BCUT2D eigenvalue weighted by molar-refractivity contribution is -0.137. The lowest BCUT2D eigenvalue weighted by Gasteiger charge is -2.23. The average Bonchev–Trinajstić information content (AvgIpc) is 2.59. The van der Waals surface area contributed by atoms with Gasteiger partial charge in [0.15, 0.2) is 0 Å². The van der Waals surface area contributed by atoms with Crippen LogP contribution in [0.25, 0.3) is 0 Å². The molecule has 2 N–H and O–H groups in total. The molecule has 0 aliphatic carbocycles. The van der Waals surface area contributed by atoms with Gasteiger partial charge in [0, 0.05) is 25.3 Å². The second kappa shape index (κ2) is 8.99. The summed E-state index contributed by atoms with van der Waals surface area (Å²) < 4.78 is 38.3. The van der Waals surface area contributed by atoms with Gasteiger partial charge in [0.2, 0.25) is 0 Å². The number of likely N-dealkylation sites (N-methyl/N-ethyl adjacent to an activating group) is 1. The van der Waals surface area contributed by atoms with E-state index in [1.807, 2.05) is 38.1 Å². The van der Waals surface area contributed by atoms with Gasteiger partial charge in [0.25, 0.3) is 0 Å². The minimum atomic E-state index is -4.51. The van der Waals surface area contributed by atoms with Crippen LogP contribution in [0.4, 0.5) is 29.3 Å². The molecule has 2 amide bonds. The van der Waals surface area contributed by atoms with Gasteiger partial charge >= 0.3 is 12.2 Å². The molecule has 0 fully saturated rings. The number of nitrogens with one attached hydrogen (secondary N) is 2. The van der Waals surface area contributed by atoms with Crippen molar-refractivity contribution in [3.63, 3.8) is 0 Å². The first-order valence-corrected chi connectivity index (χ1v) is 8.81. The standard InChI is InChI=1S/C19H21ClF3N3O/c1-3-26(15-6-4-5-13(2)11-15)10-9-24-18(27)25-17-12-14(19(21,22)23)7-8-16(17)20/h4-8,11-12H,3,9-10H2,1-2H3,(H2,24,25,27). The molecule has 0 spiro atoms. The minimum Gasteiger partial charge on any atom is -0.370 e. The van der Waals surface area contributed by atoms with E-state index in [0.29, 0.717) is 13.1 Å². The molecule has 146 valence electrons. The Hall–Kier alpha value is -2.41. The number of anilines is 2. The molecule has 0 aromatic heterocycles. The van der Waals surface area contributed by atoms with Crippen LogP contribution in [0, 0.1) is 6.92 Å². The highest BCUT2D eigenvalue weighted by Gasteiger charge is 2.31. The summed E-state index contributed by atoms with van der Waals surface area (Å²) in [5, 5.41) is 5.03. The maximum absolute atomic E-state index is 12.8. The van der Waals surface area contributed by atoms with Gasteiger partial charge in [-0.05, 0) is 49.7 Å². The summed E-state index contributed by atoms with van der Waals surface area (Å²) in [4.78, 5) is 14.1. The van der Waals surface area contributed by atoms with Crippen LogP contribution >= 0.6 is 11.6 Å². The number of carbonyl (C=O) groups is 1. The van der Waals surface area contributed by atoms with Crippen LogP contribution < -0.4 is 15.5 Å². The van der Waals surface area contributed by atoms with Gasteiger partial charge in [-0.3, -0.25) is 0 Å². The number of urea groups is 1. The van der Waals surface area contributed by atoms with Crippen molar-refractivity contribution in [2.45, 2.75) is 20.0 Å². The van der Waals surface area contributed by atoms with E-state index >= 15 is 0 Å². The third-order valence-electron chi connectivity index (χ3n) is 3.96. The fourth-order valence-electron chi connectivity index (χ4n) is 2.56.